The summed E-state index contributed by atoms with van der Waals surface area (Å²) in [6.07, 6.45) is -0.812. The third-order valence-electron chi connectivity index (χ3n) is 4.72. The van der Waals surface area contributed by atoms with Crippen molar-refractivity contribution < 1.29 is 4.74 Å². The monoisotopic (exact) mass is 398 g/mol. The number of hydrogen-bond donors (Lipinski definition) is 0. The van der Waals surface area contributed by atoms with Gasteiger partial charge in [0.2, 0.25) is 0 Å². The number of ether oxygens (including phenoxy) is 1. The van der Waals surface area contributed by atoms with Gasteiger partial charge in [0.05, 0.1) is 0 Å². The first-order valence-electron chi connectivity index (χ1n) is 10.3. The highest BCUT2D eigenvalue weighted by atomic mass is 16.5. The van der Waals surface area contributed by atoms with Crippen LogP contribution in [-0.2, 0) is 4.74 Å². The molecule has 0 saturated carbocycles. The molecule has 0 amide bonds. The molecule has 4 aromatic carbocycles. The van der Waals surface area contributed by atoms with E-state index in [4.69, 9.17) is 4.74 Å². The minimum absolute atomic E-state index is 0.406. The van der Waals surface area contributed by atoms with Gasteiger partial charge in [-0.25, -0.2) is 0 Å². The average molecular weight is 399 g/mol. The first-order chi connectivity index (χ1) is 15.4. The molecule has 1 heteroatoms. The third kappa shape index (κ3) is 5.97. The van der Waals surface area contributed by atoms with Crippen LogP contribution < -0.4 is 0 Å². The van der Waals surface area contributed by atoms with E-state index in [1.165, 1.54) is 0 Å². The standard InChI is InChI=1S/C30H22O/c1-5-13-25(14-6-1)21-23-29(27-17-9-3-10-18-27)31-30(28-19-11-4-12-20-28)24-22-26-15-7-2-8-16-26/h1-20,29-30H. The summed E-state index contributed by atoms with van der Waals surface area (Å²) in [6.45, 7) is 0. The zero-order chi connectivity index (χ0) is 21.1. The molecule has 0 bridgehead atoms. The van der Waals surface area contributed by atoms with E-state index in [-0.39, 0.29) is 0 Å². The molecule has 2 unspecified atom stereocenters. The fraction of sp³-hybridized carbons (Fsp3) is 0.0667. The third-order valence-corrected chi connectivity index (χ3v) is 4.72. The van der Waals surface area contributed by atoms with Gasteiger partial charge in [0.15, 0.2) is 0 Å². The van der Waals surface area contributed by atoms with Crippen LogP contribution in [0.4, 0.5) is 0 Å². The van der Waals surface area contributed by atoms with Gasteiger partial charge >= 0.3 is 0 Å². The van der Waals surface area contributed by atoms with Crippen LogP contribution in [0.1, 0.15) is 34.5 Å². The molecule has 0 saturated heterocycles. The SMILES string of the molecule is C(#CC(OC(C#Cc1ccccc1)c1ccccc1)c1ccccc1)c1ccccc1. The Morgan fingerprint density at radius 3 is 1.10 bits per heavy atom. The lowest BCUT2D eigenvalue weighted by Crippen LogP contribution is -2.08. The molecule has 0 spiro atoms. The Bertz CT molecular complexity index is 1090. The van der Waals surface area contributed by atoms with Gasteiger partial charge < -0.3 is 4.74 Å². The summed E-state index contributed by atoms with van der Waals surface area (Å²) >= 11 is 0. The van der Waals surface area contributed by atoms with Crippen molar-refractivity contribution in [1.29, 1.82) is 0 Å². The fourth-order valence-corrected chi connectivity index (χ4v) is 3.12. The minimum atomic E-state index is -0.406. The van der Waals surface area contributed by atoms with Crippen LogP contribution in [0.25, 0.3) is 0 Å². The van der Waals surface area contributed by atoms with Gasteiger partial charge in [0.1, 0.15) is 12.2 Å². The molecule has 2 atom stereocenters. The van der Waals surface area contributed by atoms with E-state index in [0.29, 0.717) is 0 Å². The lowest BCUT2D eigenvalue weighted by Gasteiger charge is -2.19. The van der Waals surface area contributed by atoms with Crippen molar-refractivity contribution in [2.24, 2.45) is 0 Å². The molecule has 0 radical (unpaired) electrons. The predicted octanol–water partition coefficient (Wildman–Crippen LogP) is 6.59. The van der Waals surface area contributed by atoms with Crippen LogP contribution in [0.5, 0.6) is 0 Å². The Labute approximate surface area is 184 Å². The quantitative estimate of drug-likeness (QED) is 0.352. The smallest absolute Gasteiger partial charge is 0.145 e. The second-order valence-corrected chi connectivity index (χ2v) is 6.99. The highest BCUT2D eigenvalue weighted by Crippen LogP contribution is 2.26. The Morgan fingerprint density at radius 1 is 0.419 bits per heavy atom. The zero-order valence-electron chi connectivity index (χ0n) is 17.1. The number of benzene rings is 4. The van der Waals surface area contributed by atoms with Crippen LogP contribution in [0.3, 0.4) is 0 Å². The predicted molar refractivity (Wildman–Crippen MR) is 126 cm³/mol. The van der Waals surface area contributed by atoms with Crippen LogP contribution in [0, 0.1) is 23.7 Å². The van der Waals surface area contributed by atoms with Gasteiger partial charge in [0, 0.05) is 11.1 Å². The van der Waals surface area contributed by atoms with Gasteiger partial charge in [-0.2, -0.15) is 0 Å². The molecule has 0 fully saturated rings. The highest BCUT2D eigenvalue weighted by Gasteiger charge is 2.17. The van der Waals surface area contributed by atoms with E-state index in [2.05, 4.69) is 23.7 Å². The summed E-state index contributed by atoms with van der Waals surface area (Å²) < 4.78 is 6.52. The average Bonchev–Trinajstić information content (AvgIpc) is 2.86. The van der Waals surface area contributed by atoms with Crippen molar-refractivity contribution in [2.45, 2.75) is 12.2 Å². The van der Waals surface area contributed by atoms with Crippen LogP contribution in [-0.4, -0.2) is 0 Å². The molecular formula is C30H22O. The Balaban J connectivity index is 1.69. The Hall–Kier alpha value is -4.04. The molecular weight excluding hydrogens is 376 g/mol. The van der Waals surface area contributed by atoms with Crippen molar-refractivity contribution in [3.05, 3.63) is 144 Å². The summed E-state index contributed by atoms with van der Waals surface area (Å²) in [4.78, 5) is 0. The van der Waals surface area contributed by atoms with Crippen molar-refractivity contribution in [3.63, 3.8) is 0 Å². The number of hydrogen-bond acceptors (Lipinski definition) is 1. The van der Waals surface area contributed by atoms with E-state index >= 15 is 0 Å². The summed E-state index contributed by atoms with van der Waals surface area (Å²) in [5.74, 6) is 13.1. The summed E-state index contributed by atoms with van der Waals surface area (Å²) in [7, 11) is 0. The topological polar surface area (TPSA) is 9.23 Å². The van der Waals surface area contributed by atoms with Gasteiger partial charge in [-0.05, 0) is 35.4 Å². The molecule has 0 aliphatic heterocycles. The van der Waals surface area contributed by atoms with Gasteiger partial charge in [0.25, 0.3) is 0 Å². The molecule has 0 heterocycles. The van der Waals surface area contributed by atoms with E-state index < -0.39 is 12.2 Å². The van der Waals surface area contributed by atoms with Crippen molar-refractivity contribution in [2.75, 3.05) is 0 Å². The lowest BCUT2D eigenvalue weighted by molar-refractivity contribution is 0.0514. The largest absolute Gasteiger partial charge is 0.340 e. The first kappa shape index (κ1) is 20.2. The lowest BCUT2D eigenvalue weighted by atomic mass is 10.1. The molecule has 0 aliphatic rings. The van der Waals surface area contributed by atoms with Crippen molar-refractivity contribution in [1.82, 2.24) is 0 Å². The molecule has 1 nitrogen and oxygen atoms in total. The van der Waals surface area contributed by atoms with Crippen LogP contribution in [0.2, 0.25) is 0 Å². The fourth-order valence-electron chi connectivity index (χ4n) is 3.12. The summed E-state index contributed by atoms with van der Waals surface area (Å²) in [5.41, 5.74) is 3.93. The molecule has 148 valence electrons. The zero-order valence-corrected chi connectivity index (χ0v) is 17.1. The molecule has 0 aliphatic carbocycles. The maximum atomic E-state index is 6.52. The second-order valence-electron chi connectivity index (χ2n) is 6.99. The van der Waals surface area contributed by atoms with Crippen LogP contribution in [0.15, 0.2) is 121 Å². The van der Waals surface area contributed by atoms with Gasteiger partial charge in [-0.15, -0.1) is 0 Å². The normalized spacial score (nSPS) is 11.9. The van der Waals surface area contributed by atoms with Gasteiger partial charge in [-0.1, -0.05) is 121 Å². The van der Waals surface area contributed by atoms with Crippen LogP contribution >= 0.6 is 0 Å². The highest BCUT2D eigenvalue weighted by molar-refractivity contribution is 5.39. The maximum Gasteiger partial charge on any atom is 0.145 e. The van der Waals surface area contributed by atoms with E-state index in [1.807, 2.05) is 121 Å². The molecule has 4 aromatic rings. The molecule has 4 rings (SSSR count). The van der Waals surface area contributed by atoms with Crippen molar-refractivity contribution >= 4 is 0 Å². The molecule has 0 N–H and O–H groups in total. The van der Waals surface area contributed by atoms with Gasteiger partial charge in [-0.3, -0.25) is 0 Å². The van der Waals surface area contributed by atoms with Crippen molar-refractivity contribution in [3.8, 4) is 23.7 Å². The van der Waals surface area contributed by atoms with E-state index in [1.54, 1.807) is 0 Å². The first-order valence-corrected chi connectivity index (χ1v) is 10.3. The van der Waals surface area contributed by atoms with E-state index in [0.717, 1.165) is 22.3 Å². The Morgan fingerprint density at radius 2 is 0.742 bits per heavy atom. The maximum absolute atomic E-state index is 6.52. The Kier molecular flexibility index (Phi) is 6.96. The summed E-state index contributed by atoms with van der Waals surface area (Å²) in [5, 5.41) is 0. The number of rotatable bonds is 4. The molecule has 31 heavy (non-hydrogen) atoms. The summed E-state index contributed by atoms with van der Waals surface area (Å²) in [6, 6.07) is 40.1. The second kappa shape index (κ2) is 10.7. The van der Waals surface area contributed by atoms with E-state index in [9.17, 15) is 0 Å². The molecule has 0 aromatic heterocycles. The minimum Gasteiger partial charge on any atom is -0.340 e.